The predicted octanol–water partition coefficient (Wildman–Crippen LogP) is 7.46. The van der Waals surface area contributed by atoms with Gasteiger partial charge in [-0.05, 0) is 68.8 Å². The van der Waals surface area contributed by atoms with Gasteiger partial charge in [-0.2, -0.15) is 16.8 Å². The Labute approximate surface area is 312 Å². The fraction of sp³-hybridized carbons (Fsp3) is 0.550. The Morgan fingerprint density at radius 3 is 1.58 bits per heavy atom. The van der Waals surface area contributed by atoms with Crippen molar-refractivity contribution in [1.29, 1.82) is 0 Å². The predicted molar refractivity (Wildman–Crippen MR) is 206 cm³/mol. The highest BCUT2D eigenvalue weighted by Crippen LogP contribution is 2.47. The Morgan fingerprint density at radius 1 is 0.654 bits per heavy atom. The highest BCUT2D eigenvalue weighted by molar-refractivity contribution is 7.81. The summed E-state index contributed by atoms with van der Waals surface area (Å²) in [6, 6.07) is 0. The van der Waals surface area contributed by atoms with E-state index >= 15 is 0 Å². The maximum absolute atomic E-state index is 11.3. The zero-order valence-corrected chi connectivity index (χ0v) is 33.6. The van der Waals surface area contributed by atoms with Crippen LogP contribution in [0.3, 0.4) is 0 Å². The van der Waals surface area contributed by atoms with E-state index in [-0.39, 0.29) is 35.0 Å². The third-order valence-electron chi connectivity index (χ3n) is 9.81. The molecule has 0 heterocycles. The van der Waals surface area contributed by atoms with Gasteiger partial charge < -0.3 is 10.2 Å². The lowest BCUT2D eigenvalue weighted by atomic mass is 9.62. The van der Waals surface area contributed by atoms with Crippen molar-refractivity contribution in [3.05, 3.63) is 95.2 Å². The number of hydrogen-bond acceptors (Lipinski definition) is 8. The van der Waals surface area contributed by atoms with Gasteiger partial charge >= 0.3 is 20.8 Å². The van der Waals surface area contributed by atoms with Gasteiger partial charge in [-0.3, -0.25) is 9.11 Å². The molecule has 0 bridgehead atoms. The monoisotopic (exact) mass is 762 g/mol. The minimum atomic E-state index is -4.71. The first-order chi connectivity index (χ1) is 23.8. The van der Waals surface area contributed by atoms with Crippen LogP contribution in [0.2, 0.25) is 0 Å². The average molecular weight is 763 g/mol. The van der Waals surface area contributed by atoms with Gasteiger partial charge in [0.05, 0.1) is 12.2 Å². The third-order valence-corrected chi connectivity index (χ3v) is 10.7. The summed E-state index contributed by atoms with van der Waals surface area (Å²) in [6.07, 6.45) is 20.0. The number of hydrogen-bond donors (Lipinski definition) is 4. The fourth-order valence-corrected chi connectivity index (χ4v) is 8.37. The molecule has 0 amide bonds. The van der Waals surface area contributed by atoms with E-state index in [0.29, 0.717) is 6.42 Å². The normalized spacial score (nSPS) is 31.1. The van der Waals surface area contributed by atoms with Crippen LogP contribution >= 0.6 is 0 Å². The summed E-state index contributed by atoms with van der Waals surface area (Å²) in [6.45, 7) is 19.4. The van der Waals surface area contributed by atoms with E-state index in [1.54, 1.807) is 6.92 Å². The minimum Gasteiger partial charge on any atom is -0.390 e. The summed E-state index contributed by atoms with van der Waals surface area (Å²) >= 11 is 0. The summed E-state index contributed by atoms with van der Waals surface area (Å²) in [5, 5.41) is 20.9. The summed E-state index contributed by atoms with van der Waals surface area (Å²) in [4.78, 5) is 0. The largest absolute Gasteiger partial charge is 0.397 e. The Morgan fingerprint density at radius 2 is 1.08 bits per heavy atom. The van der Waals surface area contributed by atoms with E-state index in [4.69, 9.17) is 12.9 Å². The minimum absolute atomic E-state index is 0.0877. The summed E-state index contributed by atoms with van der Waals surface area (Å²) in [5.41, 5.74) is 3.19. The van der Waals surface area contributed by atoms with Crippen molar-refractivity contribution in [2.75, 3.05) is 0 Å². The van der Waals surface area contributed by atoms with Gasteiger partial charge in [0.15, 0.2) is 0 Å². The van der Waals surface area contributed by atoms with E-state index in [1.165, 1.54) is 0 Å². The molecule has 10 nitrogen and oxygen atoms in total. The lowest BCUT2D eigenvalue weighted by molar-refractivity contribution is -0.0856. The lowest BCUT2D eigenvalue weighted by Gasteiger charge is -2.47. The standard InChI is InChI=1S/C40H58O10S2/c1-27(17-13-19-29(3)21-23-33-31(5)37(49-51(43,44)45)35(41)25-39(33,7)8)15-11-12-16-28(2)18-14-20-30(4)22-24-34-32(6)38(50-52(46,47)48)36(42)26-40(34,9)10/h11-21,23,31-38,41-42H,25-26H2,1-10H3,(H,43,44,45)(H,46,47,48)/b12-11+,17-13+,18-14+,23-21+,27-15+,28-16+,29-19+,30-20+/t31?,32?,33?,34?,35?,36?,37-,38?/m0/s1. The molecule has 0 radical (unpaired) electrons. The molecular formula is C40H58O10S2. The van der Waals surface area contributed by atoms with Gasteiger partial charge in [-0.1, -0.05) is 143 Å². The van der Waals surface area contributed by atoms with Crippen molar-refractivity contribution in [2.45, 2.75) is 106 Å². The molecule has 2 rings (SSSR count). The molecule has 8 atom stereocenters. The Kier molecular flexibility index (Phi) is 16.5. The van der Waals surface area contributed by atoms with Crippen LogP contribution in [-0.2, 0) is 29.2 Å². The summed E-state index contributed by atoms with van der Waals surface area (Å²) in [7, 11) is -9.40. The number of aliphatic hydroxyl groups is 2. The van der Waals surface area contributed by atoms with Crippen LogP contribution in [0.1, 0.15) is 82.1 Å². The van der Waals surface area contributed by atoms with Crippen molar-refractivity contribution in [2.24, 2.45) is 34.5 Å². The first kappa shape index (κ1) is 45.3. The Hall–Kier alpha value is -2.86. The smallest absolute Gasteiger partial charge is 0.390 e. The van der Waals surface area contributed by atoms with Crippen molar-refractivity contribution >= 4 is 20.8 Å². The molecule has 2 saturated carbocycles. The van der Waals surface area contributed by atoms with Crippen molar-refractivity contribution < 1.29 is 44.5 Å². The number of rotatable bonds is 12. The molecule has 0 spiro atoms. The fourth-order valence-electron chi connectivity index (χ4n) is 7.20. The first-order valence-electron chi connectivity index (χ1n) is 17.4. The topological polar surface area (TPSA) is 168 Å². The van der Waals surface area contributed by atoms with E-state index in [1.807, 2.05) is 135 Å². The van der Waals surface area contributed by atoms with Crippen molar-refractivity contribution in [1.82, 2.24) is 0 Å². The molecule has 0 saturated heterocycles. The molecule has 2 aliphatic rings. The van der Waals surface area contributed by atoms with Crippen LogP contribution in [0, 0.1) is 46.3 Å². The van der Waals surface area contributed by atoms with E-state index in [2.05, 4.69) is 11.8 Å². The number of allylic oxidation sites excluding steroid dienone is 16. The lowest BCUT2D eigenvalue weighted by Crippen LogP contribution is -2.50. The van der Waals surface area contributed by atoms with Crippen LogP contribution in [0.5, 0.6) is 0 Å². The molecule has 52 heavy (non-hydrogen) atoms. The maximum Gasteiger partial charge on any atom is 0.397 e. The van der Waals surface area contributed by atoms with E-state index in [0.717, 1.165) is 22.3 Å². The van der Waals surface area contributed by atoms with E-state index in [9.17, 15) is 31.6 Å². The Bertz CT molecular complexity index is 1780. The second-order valence-corrected chi connectivity index (χ2v) is 17.6. The van der Waals surface area contributed by atoms with Crippen LogP contribution < -0.4 is 0 Å². The summed E-state index contributed by atoms with van der Waals surface area (Å²) in [5.74, 6) is 5.27. The van der Waals surface area contributed by atoms with Gasteiger partial charge in [0.25, 0.3) is 0 Å². The molecule has 2 aliphatic carbocycles. The molecule has 0 aliphatic heterocycles. The zero-order valence-electron chi connectivity index (χ0n) is 32.0. The highest BCUT2D eigenvalue weighted by atomic mass is 32.3. The maximum atomic E-state index is 11.3. The molecule has 0 aromatic carbocycles. The molecule has 7 unspecified atom stereocenters. The van der Waals surface area contributed by atoms with Crippen molar-refractivity contribution in [3.63, 3.8) is 0 Å². The first-order valence-corrected chi connectivity index (χ1v) is 20.1. The molecular weight excluding hydrogens is 705 g/mol. The summed E-state index contributed by atoms with van der Waals surface area (Å²) < 4.78 is 73.2. The number of aliphatic hydroxyl groups excluding tert-OH is 2. The van der Waals surface area contributed by atoms with Crippen LogP contribution in [0.15, 0.2) is 95.2 Å². The van der Waals surface area contributed by atoms with Gasteiger partial charge in [0.1, 0.15) is 12.2 Å². The molecule has 0 aromatic heterocycles. The molecule has 0 aromatic rings. The molecule has 12 heteroatoms. The molecule has 290 valence electrons. The third kappa shape index (κ3) is 14.9. The molecule has 2 fully saturated rings. The molecule has 4 N–H and O–H groups in total. The van der Waals surface area contributed by atoms with E-state index < -0.39 is 51.1 Å². The van der Waals surface area contributed by atoms with Crippen LogP contribution in [0.25, 0.3) is 0 Å². The highest BCUT2D eigenvalue weighted by Gasteiger charge is 2.48. The second-order valence-electron chi connectivity index (χ2n) is 15.5. The SMILES string of the molecule is C\C(C#CC1C(C)C(OS(=O)(=O)O)C(O)CC1(C)C)=C/C=C/C(C)=C/C=C/C=C(C)/C=C/C=C(C)/C=C/C1C(C)[C@H](OS(=O)(=O)O)C(O)CC1(C)C. The van der Waals surface area contributed by atoms with Gasteiger partial charge in [0, 0.05) is 11.8 Å². The average Bonchev–Trinajstić information content (AvgIpc) is 2.97. The van der Waals surface area contributed by atoms with Crippen molar-refractivity contribution in [3.8, 4) is 11.8 Å². The quantitative estimate of drug-likeness (QED) is 0.0890. The van der Waals surface area contributed by atoms with Gasteiger partial charge in [-0.15, -0.1) is 0 Å². The zero-order chi connectivity index (χ0) is 39.7. The van der Waals surface area contributed by atoms with Gasteiger partial charge in [0.2, 0.25) is 0 Å². The van der Waals surface area contributed by atoms with Crippen LogP contribution in [-0.4, -0.2) is 60.6 Å². The van der Waals surface area contributed by atoms with Gasteiger partial charge in [-0.25, -0.2) is 8.37 Å². The Balaban J connectivity index is 1.99. The van der Waals surface area contributed by atoms with Crippen LogP contribution in [0.4, 0.5) is 0 Å². The second kappa shape index (κ2) is 18.9.